The molecule has 1 aromatic heterocycles. The lowest BCUT2D eigenvalue weighted by atomic mass is 9.81. The predicted molar refractivity (Wildman–Crippen MR) is 101 cm³/mol. The number of nitrogens with one attached hydrogen (secondary N) is 1. The third kappa shape index (κ3) is 3.87. The number of aryl methyl sites for hydroxylation is 2. The molecule has 136 valence electrons. The number of rotatable bonds is 6. The van der Waals surface area contributed by atoms with Gasteiger partial charge in [0.1, 0.15) is 5.82 Å². The highest BCUT2D eigenvalue weighted by atomic mass is 16.2. The number of hydrogen-bond donors (Lipinski definition) is 1. The van der Waals surface area contributed by atoms with Gasteiger partial charge in [-0.05, 0) is 51.4 Å². The second-order valence-corrected chi connectivity index (χ2v) is 7.47. The summed E-state index contributed by atoms with van der Waals surface area (Å²) in [4.78, 5) is 19.7. The average molecular weight is 342 g/mol. The van der Waals surface area contributed by atoms with E-state index in [9.17, 15) is 4.79 Å². The van der Waals surface area contributed by atoms with Crippen LogP contribution in [0.2, 0.25) is 0 Å². The van der Waals surface area contributed by atoms with E-state index in [-0.39, 0.29) is 11.3 Å². The first-order chi connectivity index (χ1) is 12.0. The van der Waals surface area contributed by atoms with Gasteiger partial charge in [0.25, 0.3) is 0 Å². The number of aromatic nitrogens is 2. The fourth-order valence-corrected chi connectivity index (χ4v) is 3.88. The summed E-state index contributed by atoms with van der Waals surface area (Å²) in [5.74, 6) is 1.28. The third-order valence-corrected chi connectivity index (χ3v) is 5.51. The number of piperidine rings is 1. The number of likely N-dealkylation sites (tertiary alicyclic amines) is 1. The maximum absolute atomic E-state index is 12.6. The van der Waals surface area contributed by atoms with E-state index in [2.05, 4.69) is 41.7 Å². The zero-order valence-electron chi connectivity index (χ0n) is 15.7. The SMILES string of the molecule is CCN1CCCC(C)(C(=O)NCCCc2nc3ccccc3n2C)C1. The quantitative estimate of drug-likeness (QED) is 0.821. The van der Waals surface area contributed by atoms with Crippen LogP contribution in [0.5, 0.6) is 0 Å². The van der Waals surface area contributed by atoms with Gasteiger partial charge in [-0.1, -0.05) is 19.1 Å². The van der Waals surface area contributed by atoms with Crippen LogP contribution in [0, 0.1) is 5.41 Å². The first kappa shape index (κ1) is 17.9. The van der Waals surface area contributed by atoms with E-state index in [0.29, 0.717) is 6.54 Å². The van der Waals surface area contributed by atoms with E-state index in [4.69, 9.17) is 4.98 Å². The van der Waals surface area contributed by atoms with Gasteiger partial charge in [0.2, 0.25) is 5.91 Å². The lowest BCUT2D eigenvalue weighted by molar-refractivity contribution is -0.133. The van der Waals surface area contributed by atoms with E-state index in [1.54, 1.807) is 0 Å². The number of benzene rings is 1. The Hall–Kier alpha value is -1.88. The highest BCUT2D eigenvalue weighted by Gasteiger charge is 2.36. The van der Waals surface area contributed by atoms with Crippen molar-refractivity contribution < 1.29 is 4.79 Å². The number of carbonyl (C=O) groups is 1. The minimum absolute atomic E-state index is 0.204. The molecule has 1 aliphatic rings. The monoisotopic (exact) mass is 342 g/mol. The minimum Gasteiger partial charge on any atom is -0.356 e. The summed E-state index contributed by atoms with van der Waals surface area (Å²) < 4.78 is 2.15. The predicted octanol–water partition coefficient (Wildman–Crippen LogP) is 2.74. The topological polar surface area (TPSA) is 50.2 Å². The van der Waals surface area contributed by atoms with Gasteiger partial charge in [-0.3, -0.25) is 4.79 Å². The fraction of sp³-hybridized carbons (Fsp3) is 0.600. The van der Waals surface area contributed by atoms with Crippen LogP contribution in [0.4, 0.5) is 0 Å². The maximum Gasteiger partial charge on any atom is 0.227 e. The second kappa shape index (κ2) is 7.56. The molecule has 1 aromatic carbocycles. The summed E-state index contributed by atoms with van der Waals surface area (Å²) in [6, 6.07) is 8.20. The van der Waals surface area contributed by atoms with Crippen molar-refractivity contribution in [2.24, 2.45) is 12.5 Å². The Kier molecular flexibility index (Phi) is 5.42. The van der Waals surface area contributed by atoms with Crippen molar-refractivity contribution in [3.63, 3.8) is 0 Å². The molecule has 2 heterocycles. The minimum atomic E-state index is -0.244. The molecule has 0 radical (unpaired) electrons. The average Bonchev–Trinajstić information content (AvgIpc) is 2.95. The number of nitrogens with zero attached hydrogens (tertiary/aromatic N) is 3. The van der Waals surface area contributed by atoms with Gasteiger partial charge >= 0.3 is 0 Å². The standard InChI is InChI=1S/C20H30N4O/c1-4-24-14-8-12-20(2,15-24)19(25)21-13-7-11-18-22-16-9-5-6-10-17(16)23(18)3/h5-6,9-10H,4,7-8,11-15H2,1-3H3,(H,21,25). The molecule has 0 bridgehead atoms. The number of imidazole rings is 1. The Morgan fingerprint density at radius 2 is 2.16 bits per heavy atom. The molecule has 0 spiro atoms. The summed E-state index contributed by atoms with van der Waals surface area (Å²) in [6.07, 6.45) is 3.89. The Balaban J connectivity index is 1.50. The highest BCUT2D eigenvalue weighted by molar-refractivity contribution is 5.82. The van der Waals surface area contributed by atoms with Crippen molar-refractivity contribution in [1.29, 1.82) is 0 Å². The molecule has 1 atom stereocenters. The number of para-hydroxylation sites is 2. The van der Waals surface area contributed by atoms with Crippen LogP contribution in [0.3, 0.4) is 0 Å². The summed E-state index contributed by atoms with van der Waals surface area (Å²) in [7, 11) is 2.06. The van der Waals surface area contributed by atoms with E-state index in [1.165, 1.54) is 0 Å². The van der Waals surface area contributed by atoms with Gasteiger partial charge in [-0.25, -0.2) is 4.98 Å². The number of carbonyl (C=O) groups excluding carboxylic acids is 1. The second-order valence-electron chi connectivity index (χ2n) is 7.47. The van der Waals surface area contributed by atoms with Crippen LogP contribution >= 0.6 is 0 Å². The molecular formula is C20H30N4O. The van der Waals surface area contributed by atoms with Crippen molar-refractivity contribution in [1.82, 2.24) is 19.8 Å². The molecule has 2 aromatic rings. The van der Waals surface area contributed by atoms with Crippen molar-refractivity contribution in [3.8, 4) is 0 Å². The molecule has 5 nitrogen and oxygen atoms in total. The molecule has 3 rings (SSSR count). The van der Waals surface area contributed by atoms with Crippen LogP contribution in [0.15, 0.2) is 24.3 Å². The first-order valence-electron chi connectivity index (χ1n) is 9.44. The van der Waals surface area contributed by atoms with Crippen LogP contribution in [0.25, 0.3) is 11.0 Å². The van der Waals surface area contributed by atoms with Gasteiger partial charge < -0.3 is 14.8 Å². The molecule has 5 heteroatoms. The Bertz CT molecular complexity index is 738. The maximum atomic E-state index is 12.6. The molecule has 1 saturated heterocycles. The molecule has 25 heavy (non-hydrogen) atoms. The van der Waals surface area contributed by atoms with Gasteiger partial charge in [-0.2, -0.15) is 0 Å². The van der Waals surface area contributed by atoms with Crippen LogP contribution in [0.1, 0.15) is 38.9 Å². The Labute approximate surface area is 150 Å². The van der Waals surface area contributed by atoms with Gasteiger partial charge in [0.15, 0.2) is 0 Å². The number of fused-ring (bicyclic) bond motifs is 1. The van der Waals surface area contributed by atoms with Crippen molar-refractivity contribution in [2.75, 3.05) is 26.2 Å². The largest absolute Gasteiger partial charge is 0.356 e. The molecule has 1 aliphatic heterocycles. The van der Waals surface area contributed by atoms with Gasteiger partial charge in [-0.15, -0.1) is 0 Å². The van der Waals surface area contributed by atoms with E-state index >= 15 is 0 Å². The summed E-state index contributed by atoms with van der Waals surface area (Å²) in [5, 5.41) is 3.16. The fourth-order valence-electron chi connectivity index (χ4n) is 3.88. The molecule has 1 unspecified atom stereocenters. The number of hydrogen-bond acceptors (Lipinski definition) is 3. The smallest absolute Gasteiger partial charge is 0.227 e. The lowest BCUT2D eigenvalue weighted by Crippen LogP contribution is -2.50. The normalized spacial score (nSPS) is 21.6. The molecule has 1 N–H and O–H groups in total. The Morgan fingerprint density at radius 3 is 2.92 bits per heavy atom. The van der Waals surface area contributed by atoms with Crippen molar-refractivity contribution in [2.45, 2.75) is 39.5 Å². The molecule has 0 aliphatic carbocycles. The third-order valence-electron chi connectivity index (χ3n) is 5.51. The lowest BCUT2D eigenvalue weighted by Gasteiger charge is -2.38. The first-order valence-corrected chi connectivity index (χ1v) is 9.44. The molecule has 1 amide bonds. The molecule has 0 saturated carbocycles. The summed E-state index contributed by atoms with van der Waals surface area (Å²) in [5.41, 5.74) is 1.96. The zero-order chi connectivity index (χ0) is 17.9. The van der Waals surface area contributed by atoms with E-state index in [1.807, 2.05) is 18.2 Å². The van der Waals surface area contributed by atoms with Gasteiger partial charge in [0.05, 0.1) is 16.4 Å². The van der Waals surface area contributed by atoms with Crippen molar-refractivity contribution >= 4 is 16.9 Å². The van der Waals surface area contributed by atoms with Crippen LogP contribution < -0.4 is 5.32 Å². The number of amides is 1. The van der Waals surface area contributed by atoms with Crippen molar-refractivity contribution in [3.05, 3.63) is 30.1 Å². The summed E-state index contributed by atoms with van der Waals surface area (Å²) in [6.45, 7) is 8.00. The van der Waals surface area contributed by atoms with Crippen LogP contribution in [-0.4, -0.2) is 46.5 Å². The van der Waals surface area contributed by atoms with Crippen LogP contribution in [-0.2, 0) is 18.3 Å². The highest BCUT2D eigenvalue weighted by Crippen LogP contribution is 2.29. The van der Waals surface area contributed by atoms with Gasteiger partial charge in [0, 0.05) is 26.6 Å². The van der Waals surface area contributed by atoms with E-state index < -0.39 is 0 Å². The summed E-state index contributed by atoms with van der Waals surface area (Å²) >= 11 is 0. The zero-order valence-corrected chi connectivity index (χ0v) is 15.7. The van der Waals surface area contributed by atoms with E-state index in [0.717, 1.165) is 62.2 Å². The Morgan fingerprint density at radius 1 is 1.36 bits per heavy atom. The molecular weight excluding hydrogens is 312 g/mol. The molecule has 1 fully saturated rings.